The predicted octanol–water partition coefficient (Wildman–Crippen LogP) is 1.45. The van der Waals surface area contributed by atoms with E-state index >= 15 is 0 Å². The lowest BCUT2D eigenvalue weighted by Crippen LogP contribution is -2.34. The first-order valence-corrected chi connectivity index (χ1v) is 7.50. The fourth-order valence-corrected chi connectivity index (χ4v) is 3.02. The Morgan fingerprint density at radius 3 is 2.58 bits per heavy atom. The summed E-state index contributed by atoms with van der Waals surface area (Å²) in [4.78, 5) is -0.0995. The molecule has 0 aliphatic rings. The van der Waals surface area contributed by atoms with Gasteiger partial charge in [0.05, 0.1) is 17.2 Å². The number of halogens is 1. The van der Waals surface area contributed by atoms with Crippen LogP contribution >= 0.6 is 0 Å². The first kappa shape index (κ1) is 15.9. The highest BCUT2D eigenvalue weighted by Gasteiger charge is 2.23. The molecule has 0 aliphatic heterocycles. The Morgan fingerprint density at radius 1 is 1.37 bits per heavy atom. The highest BCUT2D eigenvalue weighted by molar-refractivity contribution is 7.89. The Balaban J connectivity index is 2.96. The Kier molecular flexibility index (Phi) is 5.71. The van der Waals surface area contributed by atoms with Crippen molar-refractivity contribution in [3.8, 4) is 0 Å². The van der Waals surface area contributed by atoms with Crippen LogP contribution in [-0.4, -0.2) is 39.0 Å². The van der Waals surface area contributed by atoms with E-state index in [-0.39, 0.29) is 17.1 Å². The van der Waals surface area contributed by atoms with Gasteiger partial charge in [-0.25, -0.2) is 12.8 Å². The molecule has 0 fully saturated rings. The zero-order valence-electron chi connectivity index (χ0n) is 11.1. The van der Waals surface area contributed by atoms with Gasteiger partial charge in [0.1, 0.15) is 5.82 Å². The monoisotopic (exact) mass is 290 g/mol. The summed E-state index contributed by atoms with van der Waals surface area (Å²) in [6, 6.07) is 3.49. The van der Waals surface area contributed by atoms with Crippen LogP contribution in [0.4, 0.5) is 10.1 Å². The fourth-order valence-electron chi connectivity index (χ4n) is 1.58. The quantitative estimate of drug-likeness (QED) is 0.609. The van der Waals surface area contributed by atoms with Crippen molar-refractivity contribution in [3.63, 3.8) is 0 Å². The van der Waals surface area contributed by atoms with E-state index in [1.165, 1.54) is 16.4 Å². The molecule has 0 unspecified atom stereocenters. The maximum absolute atomic E-state index is 13.4. The number of sulfonamides is 1. The smallest absolute Gasteiger partial charge is 0.243 e. The molecule has 0 amide bonds. The van der Waals surface area contributed by atoms with Gasteiger partial charge in [0.25, 0.3) is 0 Å². The van der Waals surface area contributed by atoms with Crippen molar-refractivity contribution >= 4 is 15.7 Å². The van der Waals surface area contributed by atoms with E-state index in [0.29, 0.717) is 19.8 Å². The number of rotatable bonds is 7. The van der Waals surface area contributed by atoms with Crippen molar-refractivity contribution in [2.45, 2.75) is 18.7 Å². The summed E-state index contributed by atoms with van der Waals surface area (Å²) in [5.74, 6) is -0.734. The van der Waals surface area contributed by atoms with Gasteiger partial charge in [0.2, 0.25) is 10.0 Å². The van der Waals surface area contributed by atoms with E-state index in [9.17, 15) is 12.8 Å². The zero-order chi connectivity index (χ0) is 14.5. The minimum absolute atomic E-state index is 0.0729. The van der Waals surface area contributed by atoms with Crippen LogP contribution in [0.25, 0.3) is 0 Å². The summed E-state index contributed by atoms with van der Waals surface area (Å²) in [7, 11) is -3.71. The number of anilines is 1. The third-order valence-corrected chi connectivity index (χ3v) is 4.62. The number of nitrogen functional groups attached to an aromatic ring is 1. The second kappa shape index (κ2) is 6.83. The van der Waals surface area contributed by atoms with E-state index in [2.05, 4.69) is 0 Å². The van der Waals surface area contributed by atoms with E-state index in [4.69, 9.17) is 10.5 Å². The topological polar surface area (TPSA) is 72.6 Å². The molecule has 0 saturated heterocycles. The van der Waals surface area contributed by atoms with E-state index in [1.54, 1.807) is 6.92 Å². The van der Waals surface area contributed by atoms with Crippen LogP contribution in [0, 0.1) is 5.82 Å². The summed E-state index contributed by atoms with van der Waals surface area (Å²) in [5, 5.41) is 0. The molecule has 0 aliphatic carbocycles. The van der Waals surface area contributed by atoms with E-state index < -0.39 is 15.8 Å². The Morgan fingerprint density at radius 2 is 2.05 bits per heavy atom. The lowest BCUT2D eigenvalue weighted by Gasteiger charge is -2.20. The second-order valence-electron chi connectivity index (χ2n) is 3.88. The highest BCUT2D eigenvalue weighted by atomic mass is 32.2. The summed E-state index contributed by atoms with van der Waals surface area (Å²) in [5.41, 5.74) is 5.26. The minimum Gasteiger partial charge on any atom is -0.396 e. The van der Waals surface area contributed by atoms with Gasteiger partial charge in [-0.1, -0.05) is 6.92 Å². The standard InChI is InChI=1S/C12H19FN2O3S/c1-3-15(7-8-18-4-2)19(16,17)10-5-6-12(14)11(13)9-10/h5-6,9H,3-4,7-8,14H2,1-2H3. The molecule has 5 nitrogen and oxygen atoms in total. The zero-order valence-corrected chi connectivity index (χ0v) is 11.9. The number of hydrogen-bond donors (Lipinski definition) is 1. The number of nitrogens with two attached hydrogens (primary N) is 1. The number of ether oxygens (including phenoxy) is 1. The third-order valence-electron chi connectivity index (χ3n) is 2.65. The van der Waals surface area contributed by atoms with Gasteiger partial charge in [-0.05, 0) is 25.1 Å². The molecule has 0 atom stereocenters. The molecular formula is C12H19FN2O3S. The maximum Gasteiger partial charge on any atom is 0.243 e. The van der Waals surface area contributed by atoms with Crippen molar-refractivity contribution in [3.05, 3.63) is 24.0 Å². The molecule has 0 heterocycles. The Labute approximate surface area is 113 Å². The number of nitrogens with zero attached hydrogens (tertiary/aromatic N) is 1. The fraction of sp³-hybridized carbons (Fsp3) is 0.500. The van der Waals surface area contributed by atoms with Crippen LogP contribution in [-0.2, 0) is 14.8 Å². The Hall–Kier alpha value is -1.18. The van der Waals surface area contributed by atoms with Crippen LogP contribution in [0.3, 0.4) is 0 Å². The van der Waals surface area contributed by atoms with E-state index in [0.717, 1.165) is 6.07 Å². The summed E-state index contributed by atoms with van der Waals surface area (Å²) >= 11 is 0. The van der Waals surface area contributed by atoms with Gasteiger partial charge in [-0.15, -0.1) is 0 Å². The van der Waals surface area contributed by atoms with Crippen molar-refractivity contribution in [2.24, 2.45) is 0 Å². The molecule has 2 N–H and O–H groups in total. The van der Waals surface area contributed by atoms with Crippen LogP contribution in [0.2, 0.25) is 0 Å². The van der Waals surface area contributed by atoms with Crippen LogP contribution < -0.4 is 5.73 Å². The lowest BCUT2D eigenvalue weighted by atomic mass is 10.3. The summed E-state index contributed by atoms with van der Waals surface area (Å²) in [6.45, 7) is 4.91. The SMILES string of the molecule is CCOCCN(CC)S(=O)(=O)c1ccc(N)c(F)c1. The van der Waals surface area contributed by atoms with Crippen molar-refractivity contribution in [2.75, 3.05) is 32.0 Å². The van der Waals surface area contributed by atoms with Crippen LogP contribution in [0.1, 0.15) is 13.8 Å². The largest absolute Gasteiger partial charge is 0.396 e. The van der Waals surface area contributed by atoms with Crippen LogP contribution in [0.15, 0.2) is 23.1 Å². The molecule has 108 valence electrons. The number of hydrogen-bond acceptors (Lipinski definition) is 4. The molecule has 0 saturated carbocycles. The van der Waals surface area contributed by atoms with Crippen molar-refractivity contribution in [1.29, 1.82) is 0 Å². The molecular weight excluding hydrogens is 271 g/mol. The van der Waals surface area contributed by atoms with Gasteiger partial charge in [0.15, 0.2) is 0 Å². The van der Waals surface area contributed by atoms with Gasteiger partial charge in [-0.3, -0.25) is 0 Å². The van der Waals surface area contributed by atoms with Gasteiger partial charge < -0.3 is 10.5 Å². The number of benzene rings is 1. The summed E-state index contributed by atoms with van der Waals surface area (Å²) < 4.78 is 44.3. The molecule has 1 rings (SSSR count). The van der Waals surface area contributed by atoms with Crippen molar-refractivity contribution in [1.82, 2.24) is 4.31 Å². The first-order valence-electron chi connectivity index (χ1n) is 6.06. The normalized spacial score (nSPS) is 12.0. The maximum atomic E-state index is 13.4. The average Bonchev–Trinajstić information content (AvgIpc) is 2.37. The molecule has 0 spiro atoms. The molecule has 0 radical (unpaired) electrons. The minimum atomic E-state index is -3.71. The first-order chi connectivity index (χ1) is 8.93. The molecule has 0 aromatic heterocycles. The third kappa shape index (κ3) is 3.89. The lowest BCUT2D eigenvalue weighted by molar-refractivity contribution is 0.135. The Bertz CT molecular complexity index is 520. The van der Waals surface area contributed by atoms with Gasteiger partial charge in [-0.2, -0.15) is 4.31 Å². The highest BCUT2D eigenvalue weighted by Crippen LogP contribution is 2.19. The number of likely N-dealkylation sites (N-methyl/N-ethyl adjacent to an activating group) is 1. The molecule has 1 aromatic carbocycles. The van der Waals surface area contributed by atoms with Crippen molar-refractivity contribution < 1.29 is 17.5 Å². The second-order valence-corrected chi connectivity index (χ2v) is 5.81. The van der Waals surface area contributed by atoms with Gasteiger partial charge >= 0.3 is 0 Å². The molecule has 0 bridgehead atoms. The molecule has 7 heteroatoms. The van der Waals surface area contributed by atoms with E-state index in [1.807, 2.05) is 6.92 Å². The molecule has 1 aromatic rings. The molecule has 19 heavy (non-hydrogen) atoms. The van der Waals surface area contributed by atoms with Gasteiger partial charge in [0, 0.05) is 19.7 Å². The summed E-state index contributed by atoms with van der Waals surface area (Å²) in [6.07, 6.45) is 0. The van der Waals surface area contributed by atoms with Crippen LogP contribution in [0.5, 0.6) is 0 Å². The average molecular weight is 290 g/mol. The predicted molar refractivity (Wildman–Crippen MR) is 71.7 cm³/mol.